The molecule has 2 aromatic rings. The summed E-state index contributed by atoms with van der Waals surface area (Å²) in [5.74, 6) is 1.26. The van der Waals surface area contributed by atoms with Crippen molar-refractivity contribution in [1.29, 1.82) is 5.26 Å². The SMILES string of the molecule is COc1ccccc1CN(C)c1ccc(CCl)cc1C#N. The number of alkyl halides is 1. The first-order chi connectivity index (χ1) is 10.2. The summed E-state index contributed by atoms with van der Waals surface area (Å²) < 4.78 is 5.37. The van der Waals surface area contributed by atoms with E-state index < -0.39 is 0 Å². The lowest BCUT2D eigenvalue weighted by molar-refractivity contribution is 0.409. The molecule has 0 bridgehead atoms. The second-order valence-corrected chi connectivity index (χ2v) is 5.03. The van der Waals surface area contributed by atoms with Crippen molar-refractivity contribution in [2.24, 2.45) is 0 Å². The van der Waals surface area contributed by atoms with E-state index in [0.29, 0.717) is 18.0 Å². The highest BCUT2D eigenvalue weighted by Gasteiger charge is 2.11. The summed E-state index contributed by atoms with van der Waals surface area (Å²) in [6, 6.07) is 15.8. The van der Waals surface area contributed by atoms with Crippen LogP contribution in [0.15, 0.2) is 42.5 Å². The van der Waals surface area contributed by atoms with Gasteiger partial charge in [0.1, 0.15) is 11.8 Å². The van der Waals surface area contributed by atoms with Gasteiger partial charge in [0, 0.05) is 25.0 Å². The second-order valence-electron chi connectivity index (χ2n) is 4.76. The molecule has 0 N–H and O–H groups in total. The van der Waals surface area contributed by atoms with Crippen molar-refractivity contribution in [3.05, 3.63) is 59.2 Å². The molecule has 0 aliphatic heterocycles. The molecule has 3 nitrogen and oxygen atoms in total. The van der Waals surface area contributed by atoms with Crippen molar-refractivity contribution < 1.29 is 4.74 Å². The molecule has 0 atom stereocenters. The largest absolute Gasteiger partial charge is 0.496 e. The molecule has 0 unspecified atom stereocenters. The van der Waals surface area contributed by atoms with E-state index in [4.69, 9.17) is 16.3 Å². The van der Waals surface area contributed by atoms with Crippen LogP contribution in [-0.4, -0.2) is 14.2 Å². The van der Waals surface area contributed by atoms with E-state index >= 15 is 0 Å². The van der Waals surface area contributed by atoms with Crippen LogP contribution in [0.1, 0.15) is 16.7 Å². The first kappa shape index (κ1) is 15.2. The number of nitrogens with zero attached hydrogens (tertiary/aromatic N) is 2. The number of ether oxygens (including phenoxy) is 1. The van der Waals surface area contributed by atoms with Gasteiger partial charge in [-0.05, 0) is 23.8 Å². The van der Waals surface area contributed by atoms with Gasteiger partial charge in [0.05, 0.1) is 18.4 Å². The predicted octanol–water partition coefficient (Wildman–Crippen LogP) is 3.94. The zero-order valence-electron chi connectivity index (χ0n) is 12.1. The van der Waals surface area contributed by atoms with Crippen molar-refractivity contribution in [3.63, 3.8) is 0 Å². The highest BCUT2D eigenvalue weighted by Crippen LogP contribution is 2.25. The fraction of sp³-hybridized carbons (Fsp3) is 0.235. The van der Waals surface area contributed by atoms with Crippen LogP contribution >= 0.6 is 11.6 Å². The second kappa shape index (κ2) is 7.01. The molecule has 0 aromatic heterocycles. The fourth-order valence-corrected chi connectivity index (χ4v) is 2.43. The van der Waals surface area contributed by atoms with Gasteiger partial charge in [0.2, 0.25) is 0 Å². The van der Waals surface area contributed by atoms with Crippen molar-refractivity contribution in [1.82, 2.24) is 0 Å². The Morgan fingerprint density at radius 1 is 1.24 bits per heavy atom. The van der Waals surface area contributed by atoms with E-state index in [1.165, 1.54) is 0 Å². The molecule has 0 amide bonds. The molecule has 0 aliphatic rings. The smallest absolute Gasteiger partial charge is 0.123 e. The molecule has 2 aromatic carbocycles. The predicted molar refractivity (Wildman–Crippen MR) is 85.8 cm³/mol. The van der Waals surface area contributed by atoms with E-state index in [0.717, 1.165) is 22.6 Å². The molecule has 0 saturated heterocycles. The first-order valence-electron chi connectivity index (χ1n) is 6.61. The van der Waals surface area contributed by atoms with Gasteiger partial charge in [-0.2, -0.15) is 5.26 Å². The minimum absolute atomic E-state index is 0.408. The van der Waals surface area contributed by atoms with E-state index in [1.807, 2.05) is 54.4 Å². The van der Waals surface area contributed by atoms with Crippen LogP contribution in [0.4, 0.5) is 5.69 Å². The number of methoxy groups -OCH3 is 1. The third-order valence-electron chi connectivity index (χ3n) is 3.35. The van der Waals surface area contributed by atoms with Crippen LogP contribution in [0, 0.1) is 11.3 Å². The maximum Gasteiger partial charge on any atom is 0.123 e. The zero-order valence-corrected chi connectivity index (χ0v) is 12.9. The molecular formula is C17H17ClN2O. The standard InChI is InChI=1S/C17H17ClN2O/c1-20(12-14-5-3-4-6-17(14)21-2)16-8-7-13(10-18)9-15(16)11-19/h3-9H,10,12H2,1-2H3. The van der Waals surface area contributed by atoms with Gasteiger partial charge in [0.25, 0.3) is 0 Å². The van der Waals surface area contributed by atoms with E-state index in [-0.39, 0.29) is 0 Å². The molecule has 0 heterocycles. The van der Waals surface area contributed by atoms with Gasteiger partial charge in [0.15, 0.2) is 0 Å². The topological polar surface area (TPSA) is 36.3 Å². The average Bonchev–Trinajstić information content (AvgIpc) is 2.54. The third-order valence-corrected chi connectivity index (χ3v) is 3.66. The molecule has 108 valence electrons. The highest BCUT2D eigenvalue weighted by atomic mass is 35.5. The van der Waals surface area contributed by atoms with Crippen molar-refractivity contribution in [3.8, 4) is 11.8 Å². The van der Waals surface area contributed by atoms with Crippen molar-refractivity contribution in [2.75, 3.05) is 19.1 Å². The van der Waals surface area contributed by atoms with Crippen LogP contribution in [0.3, 0.4) is 0 Å². The van der Waals surface area contributed by atoms with E-state index in [1.54, 1.807) is 7.11 Å². The van der Waals surface area contributed by atoms with Crippen LogP contribution < -0.4 is 9.64 Å². The summed E-state index contributed by atoms with van der Waals surface area (Å²) in [5.41, 5.74) is 3.54. The minimum Gasteiger partial charge on any atom is -0.496 e. The van der Waals surface area contributed by atoms with Gasteiger partial charge in [-0.25, -0.2) is 0 Å². The number of rotatable bonds is 5. The Kier molecular flexibility index (Phi) is 5.08. The Balaban J connectivity index is 2.28. The summed E-state index contributed by atoms with van der Waals surface area (Å²) >= 11 is 5.82. The molecule has 0 fully saturated rings. The van der Waals surface area contributed by atoms with Gasteiger partial charge in [-0.15, -0.1) is 11.6 Å². The molecule has 0 radical (unpaired) electrons. The fourth-order valence-electron chi connectivity index (χ4n) is 2.26. The minimum atomic E-state index is 0.408. The lowest BCUT2D eigenvalue weighted by Crippen LogP contribution is -2.18. The Morgan fingerprint density at radius 3 is 2.67 bits per heavy atom. The van der Waals surface area contributed by atoms with Crippen LogP contribution in [0.25, 0.3) is 0 Å². The summed E-state index contributed by atoms with van der Waals surface area (Å²) in [5, 5.41) is 9.31. The molecule has 0 spiro atoms. The van der Waals surface area contributed by atoms with Crippen molar-refractivity contribution in [2.45, 2.75) is 12.4 Å². The Bertz CT molecular complexity index is 664. The highest BCUT2D eigenvalue weighted by molar-refractivity contribution is 6.17. The first-order valence-corrected chi connectivity index (χ1v) is 7.15. The quantitative estimate of drug-likeness (QED) is 0.785. The molecule has 21 heavy (non-hydrogen) atoms. The van der Waals surface area contributed by atoms with Crippen LogP contribution in [0.2, 0.25) is 0 Å². The number of hydrogen-bond acceptors (Lipinski definition) is 3. The molecular weight excluding hydrogens is 284 g/mol. The van der Waals surface area contributed by atoms with E-state index in [2.05, 4.69) is 6.07 Å². The monoisotopic (exact) mass is 300 g/mol. The lowest BCUT2D eigenvalue weighted by atomic mass is 10.1. The summed E-state index contributed by atoms with van der Waals surface area (Å²) in [6.07, 6.45) is 0. The third kappa shape index (κ3) is 3.48. The number of halogens is 1. The maximum absolute atomic E-state index is 9.31. The molecule has 0 aliphatic carbocycles. The average molecular weight is 301 g/mol. The zero-order chi connectivity index (χ0) is 15.2. The van der Waals surface area contributed by atoms with Gasteiger partial charge >= 0.3 is 0 Å². The number of anilines is 1. The van der Waals surface area contributed by atoms with Crippen LogP contribution in [-0.2, 0) is 12.4 Å². The molecule has 4 heteroatoms. The summed E-state index contributed by atoms with van der Waals surface area (Å²) in [6.45, 7) is 0.666. The Labute approximate surface area is 130 Å². The number of para-hydroxylation sites is 1. The Hall–Kier alpha value is -2.18. The van der Waals surface area contributed by atoms with E-state index in [9.17, 15) is 5.26 Å². The summed E-state index contributed by atoms with van der Waals surface area (Å²) in [7, 11) is 3.62. The van der Waals surface area contributed by atoms with Gasteiger partial charge in [-0.1, -0.05) is 24.3 Å². The van der Waals surface area contributed by atoms with Crippen molar-refractivity contribution >= 4 is 17.3 Å². The van der Waals surface area contributed by atoms with Crippen LogP contribution in [0.5, 0.6) is 5.75 Å². The number of nitriles is 1. The molecule has 2 rings (SSSR count). The normalized spacial score (nSPS) is 10.0. The Morgan fingerprint density at radius 2 is 2.00 bits per heavy atom. The van der Waals surface area contributed by atoms with Gasteiger partial charge < -0.3 is 9.64 Å². The van der Waals surface area contributed by atoms with Gasteiger partial charge in [-0.3, -0.25) is 0 Å². The number of hydrogen-bond donors (Lipinski definition) is 0. The molecule has 0 saturated carbocycles. The maximum atomic E-state index is 9.31. The summed E-state index contributed by atoms with van der Waals surface area (Å²) in [4.78, 5) is 2.04. The number of benzene rings is 2. The lowest BCUT2D eigenvalue weighted by Gasteiger charge is -2.22.